The fourth-order valence-electron chi connectivity index (χ4n) is 8.64. The van der Waals surface area contributed by atoms with Gasteiger partial charge in [-0.3, -0.25) is 0 Å². The van der Waals surface area contributed by atoms with Gasteiger partial charge in [0.25, 0.3) is 0 Å². The molecule has 0 fully saturated rings. The number of para-hydroxylation sites is 3. The predicted molar refractivity (Wildman–Crippen MR) is 246 cm³/mol. The van der Waals surface area contributed by atoms with Gasteiger partial charge in [0.2, 0.25) is 0 Å². The van der Waals surface area contributed by atoms with E-state index < -0.39 is 0 Å². The summed E-state index contributed by atoms with van der Waals surface area (Å²) in [5, 5.41) is 9.76. The van der Waals surface area contributed by atoms with E-state index in [0.717, 1.165) is 56.1 Å². The molecular weight excluding hydrogens is 733 g/mol. The lowest BCUT2D eigenvalue weighted by Gasteiger charge is -2.27. The molecule has 3 nitrogen and oxygen atoms in total. The van der Waals surface area contributed by atoms with E-state index in [2.05, 4.69) is 198 Å². The second-order valence-corrected chi connectivity index (χ2v) is 16.6. The normalized spacial score (nSPS) is 11.9. The maximum Gasteiger partial charge on any atom is 0.137 e. The van der Waals surface area contributed by atoms with Gasteiger partial charge in [0, 0.05) is 80.9 Å². The Balaban J connectivity index is 1.14. The summed E-state index contributed by atoms with van der Waals surface area (Å²) in [7, 11) is 0. The molecule has 0 bridgehead atoms. The molecule has 3 heterocycles. The van der Waals surface area contributed by atoms with Crippen molar-refractivity contribution >= 4 is 130 Å². The molecule has 0 N–H and O–H groups in total. The van der Waals surface area contributed by atoms with E-state index in [-0.39, 0.29) is 0 Å². The maximum absolute atomic E-state index is 6.52. The molecule has 0 saturated carbocycles. The quantitative estimate of drug-likeness (QED) is 0.168. The molecule has 57 heavy (non-hydrogen) atoms. The third-order valence-corrected chi connectivity index (χ3v) is 13.5. The van der Waals surface area contributed by atoms with Gasteiger partial charge in [0.15, 0.2) is 0 Å². The van der Waals surface area contributed by atoms with Gasteiger partial charge in [0.05, 0.1) is 10.4 Å². The first-order chi connectivity index (χ1) is 28.2. The molecule has 9 aromatic carbocycles. The lowest BCUT2D eigenvalue weighted by atomic mass is 10.0. The van der Waals surface area contributed by atoms with Gasteiger partial charge in [-0.1, -0.05) is 97.1 Å². The van der Waals surface area contributed by atoms with E-state index in [1.165, 1.54) is 51.1 Å². The highest BCUT2D eigenvalue weighted by Crippen LogP contribution is 2.50. The van der Waals surface area contributed by atoms with Crippen LogP contribution >= 0.6 is 22.7 Å². The van der Waals surface area contributed by atoms with Crippen molar-refractivity contribution in [2.45, 2.75) is 0 Å². The SMILES string of the molecule is c1ccc(N(c2ccccc2)c2ccc3sc4c(N(c5ccc6c(c5)oc5ccccc56)c5ccc6sc7ccccc7c6c5)cc5ccccc5c4c3c2)cc1. The van der Waals surface area contributed by atoms with Crippen LogP contribution in [-0.2, 0) is 0 Å². The van der Waals surface area contributed by atoms with Crippen LogP contribution in [0, 0.1) is 0 Å². The molecule has 0 radical (unpaired) electrons. The van der Waals surface area contributed by atoms with Crippen LogP contribution in [0.3, 0.4) is 0 Å². The Hall–Kier alpha value is -6.92. The minimum atomic E-state index is 0.876. The van der Waals surface area contributed by atoms with Crippen LogP contribution in [0.4, 0.5) is 34.1 Å². The molecule has 0 amide bonds. The van der Waals surface area contributed by atoms with Crippen molar-refractivity contribution in [1.82, 2.24) is 0 Å². The van der Waals surface area contributed by atoms with Crippen LogP contribution in [0.5, 0.6) is 0 Å². The van der Waals surface area contributed by atoms with Gasteiger partial charge >= 0.3 is 0 Å². The number of benzene rings is 9. The molecule has 0 unspecified atom stereocenters. The van der Waals surface area contributed by atoms with Crippen LogP contribution < -0.4 is 9.80 Å². The van der Waals surface area contributed by atoms with E-state index in [0.29, 0.717) is 0 Å². The molecular formula is C52H32N2OS2. The Morgan fingerprint density at radius 3 is 1.68 bits per heavy atom. The molecule has 0 saturated heterocycles. The Labute approximate surface area is 336 Å². The molecule has 0 aliphatic heterocycles. The minimum Gasteiger partial charge on any atom is -0.456 e. The number of hydrogen-bond donors (Lipinski definition) is 0. The Kier molecular flexibility index (Phi) is 7.27. The fraction of sp³-hybridized carbons (Fsp3) is 0. The third kappa shape index (κ3) is 5.17. The summed E-state index contributed by atoms with van der Waals surface area (Å²) >= 11 is 3.72. The number of nitrogens with zero attached hydrogens (tertiary/aromatic N) is 2. The molecule has 0 aliphatic rings. The maximum atomic E-state index is 6.52. The number of hydrogen-bond acceptors (Lipinski definition) is 5. The van der Waals surface area contributed by atoms with Crippen molar-refractivity contribution in [1.29, 1.82) is 0 Å². The highest BCUT2D eigenvalue weighted by molar-refractivity contribution is 7.26. The molecule has 0 aliphatic carbocycles. The second kappa shape index (κ2) is 12.8. The summed E-state index contributed by atoms with van der Waals surface area (Å²) in [6.45, 7) is 0. The van der Waals surface area contributed by atoms with E-state index in [4.69, 9.17) is 4.42 Å². The van der Waals surface area contributed by atoms with Gasteiger partial charge in [-0.25, -0.2) is 0 Å². The molecule has 3 aromatic heterocycles. The predicted octanol–water partition coefficient (Wildman–Crippen LogP) is 16.4. The molecule has 268 valence electrons. The number of anilines is 6. The Morgan fingerprint density at radius 2 is 0.895 bits per heavy atom. The average molecular weight is 765 g/mol. The smallest absolute Gasteiger partial charge is 0.137 e. The second-order valence-electron chi connectivity index (χ2n) is 14.5. The molecule has 5 heteroatoms. The summed E-state index contributed by atoms with van der Waals surface area (Å²) < 4.78 is 11.6. The number of fused-ring (bicyclic) bond motifs is 11. The first-order valence-electron chi connectivity index (χ1n) is 19.2. The standard InChI is InChI=1S/C52H32N2OS2/c1-3-14-34(15-4-1)53(35-16-5-2-6-17-35)36-24-28-50-44(31-36)51-39-18-8-7-13-33(39)29-45(52(51)57-50)54(37-25-27-49-43(30-37)42-20-10-12-22-48(42)56-49)38-23-26-41-40-19-9-11-21-46(40)55-47(41)32-38/h1-32H. The Bertz CT molecular complexity index is 3450. The summed E-state index contributed by atoms with van der Waals surface area (Å²) in [6, 6.07) is 70.2. The molecule has 0 atom stereocenters. The van der Waals surface area contributed by atoms with Crippen molar-refractivity contribution in [3.63, 3.8) is 0 Å². The van der Waals surface area contributed by atoms with Crippen LogP contribution in [0.25, 0.3) is 73.1 Å². The average Bonchev–Trinajstić information content (AvgIpc) is 3.96. The highest BCUT2D eigenvalue weighted by atomic mass is 32.1. The number of thiophene rings is 2. The van der Waals surface area contributed by atoms with Crippen molar-refractivity contribution in [3.8, 4) is 0 Å². The topological polar surface area (TPSA) is 19.6 Å². The summed E-state index contributed by atoms with van der Waals surface area (Å²) in [5.41, 5.74) is 8.44. The number of furan rings is 1. The minimum absolute atomic E-state index is 0.876. The third-order valence-electron chi connectivity index (χ3n) is 11.2. The largest absolute Gasteiger partial charge is 0.456 e. The zero-order valence-electron chi connectivity index (χ0n) is 30.6. The van der Waals surface area contributed by atoms with Crippen molar-refractivity contribution in [3.05, 3.63) is 194 Å². The van der Waals surface area contributed by atoms with Gasteiger partial charge in [0.1, 0.15) is 11.2 Å². The van der Waals surface area contributed by atoms with Crippen LogP contribution in [0.1, 0.15) is 0 Å². The monoisotopic (exact) mass is 764 g/mol. The van der Waals surface area contributed by atoms with Crippen LogP contribution in [-0.4, -0.2) is 0 Å². The van der Waals surface area contributed by atoms with Crippen LogP contribution in [0.2, 0.25) is 0 Å². The van der Waals surface area contributed by atoms with Gasteiger partial charge in [-0.15, -0.1) is 22.7 Å². The van der Waals surface area contributed by atoms with Crippen molar-refractivity contribution in [2.24, 2.45) is 0 Å². The zero-order valence-corrected chi connectivity index (χ0v) is 32.2. The lowest BCUT2D eigenvalue weighted by Crippen LogP contribution is -2.10. The Morgan fingerprint density at radius 1 is 0.333 bits per heavy atom. The van der Waals surface area contributed by atoms with Crippen molar-refractivity contribution in [2.75, 3.05) is 9.80 Å². The van der Waals surface area contributed by atoms with Crippen molar-refractivity contribution < 1.29 is 4.42 Å². The van der Waals surface area contributed by atoms with Gasteiger partial charge in [-0.05, 0) is 102 Å². The summed E-state index contributed by atoms with van der Waals surface area (Å²) in [5.74, 6) is 0. The van der Waals surface area contributed by atoms with E-state index in [9.17, 15) is 0 Å². The molecule has 0 spiro atoms. The summed E-state index contributed by atoms with van der Waals surface area (Å²) in [4.78, 5) is 4.80. The van der Waals surface area contributed by atoms with Gasteiger partial charge in [-0.2, -0.15) is 0 Å². The highest BCUT2D eigenvalue weighted by Gasteiger charge is 2.23. The summed E-state index contributed by atoms with van der Waals surface area (Å²) in [6.07, 6.45) is 0. The van der Waals surface area contributed by atoms with Crippen LogP contribution in [0.15, 0.2) is 199 Å². The van der Waals surface area contributed by atoms with Gasteiger partial charge < -0.3 is 14.2 Å². The first kappa shape index (κ1) is 32.3. The zero-order chi connectivity index (χ0) is 37.5. The number of rotatable bonds is 6. The first-order valence-corrected chi connectivity index (χ1v) is 20.8. The van der Waals surface area contributed by atoms with E-state index in [1.807, 2.05) is 28.7 Å². The fourth-order valence-corrected chi connectivity index (χ4v) is 10.9. The van der Waals surface area contributed by atoms with E-state index in [1.54, 1.807) is 0 Å². The lowest BCUT2D eigenvalue weighted by molar-refractivity contribution is 0.669. The van der Waals surface area contributed by atoms with E-state index >= 15 is 0 Å². The molecule has 12 rings (SSSR count). The molecule has 12 aromatic rings.